The zero-order chi connectivity index (χ0) is 13.8. The molecule has 0 aliphatic carbocycles. The van der Waals surface area contributed by atoms with Gasteiger partial charge in [-0.1, -0.05) is 0 Å². The average molecular weight is 281 g/mol. The molecule has 1 aliphatic heterocycles. The van der Waals surface area contributed by atoms with Crippen molar-refractivity contribution in [1.82, 2.24) is 4.90 Å². The van der Waals surface area contributed by atoms with E-state index in [0.717, 1.165) is 19.3 Å². The van der Waals surface area contributed by atoms with Gasteiger partial charge in [-0.15, -0.1) is 11.3 Å². The zero-order valence-corrected chi connectivity index (χ0v) is 11.9. The lowest BCUT2D eigenvalue weighted by atomic mass is 10.2. The number of carboxylic acid groups (broad SMARTS) is 1. The molecule has 1 saturated heterocycles. The fourth-order valence-electron chi connectivity index (χ4n) is 2.50. The molecule has 2 heterocycles. The van der Waals surface area contributed by atoms with Crippen molar-refractivity contribution in [2.24, 2.45) is 0 Å². The molecule has 1 aliphatic rings. The number of hydrogen-bond donors (Lipinski definition) is 1. The summed E-state index contributed by atoms with van der Waals surface area (Å²) in [5.74, 6) is -0.891. The lowest BCUT2D eigenvalue weighted by molar-refractivity contribution is -0.148. The summed E-state index contributed by atoms with van der Waals surface area (Å²) in [5.41, 5.74) is 0. The van der Waals surface area contributed by atoms with Crippen molar-refractivity contribution in [1.29, 1.82) is 0 Å². The van der Waals surface area contributed by atoms with E-state index in [1.165, 1.54) is 14.7 Å². The van der Waals surface area contributed by atoms with Crippen molar-refractivity contribution in [3.05, 3.63) is 21.9 Å². The number of aliphatic carboxylic acids is 1. The van der Waals surface area contributed by atoms with Gasteiger partial charge in [-0.25, -0.2) is 4.79 Å². The van der Waals surface area contributed by atoms with E-state index >= 15 is 0 Å². The predicted octanol–water partition coefficient (Wildman–Crippen LogP) is 2.45. The van der Waals surface area contributed by atoms with Crippen LogP contribution in [0.3, 0.4) is 0 Å². The molecular weight excluding hydrogens is 262 g/mol. The maximum Gasteiger partial charge on any atom is 0.326 e. The van der Waals surface area contributed by atoms with Gasteiger partial charge in [-0.2, -0.15) is 0 Å². The maximum absolute atomic E-state index is 12.0. The zero-order valence-electron chi connectivity index (χ0n) is 11.1. The minimum Gasteiger partial charge on any atom is -0.480 e. The number of carbonyl (C=O) groups excluding carboxylic acids is 1. The van der Waals surface area contributed by atoms with E-state index in [2.05, 4.69) is 19.1 Å². The number of hydrogen-bond acceptors (Lipinski definition) is 3. The Morgan fingerprint density at radius 1 is 1.47 bits per heavy atom. The first kappa shape index (κ1) is 14.1. The first-order valence-electron chi connectivity index (χ1n) is 6.65. The minimum absolute atomic E-state index is 0.0156. The van der Waals surface area contributed by atoms with Gasteiger partial charge >= 0.3 is 5.97 Å². The largest absolute Gasteiger partial charge is 0.480 e. The minimum atomic E-state index is -0.875. The van der Waals surface area contributed by atoms with Gasteiger partial charge in [0, 0.05) is 22.7 Å². The lowest BCUT2D eigenvalue weighted by Crippen LogP contribution is -2.40. The molecule has 0 unspecified atom stereocenters. The van der Waals surface area contributed by atoms with Crippen LogP contribution in [0.2, 0.25) is 0 Å². The molecule has 1 atom stereocenters. The Morgan fingerprint density at radius 3 is 2.89 bits per heavy atom. The SMILES string of the molecule is Cc1ccc(CCCC(=O)N2CCC[C@@H]2C(=O)O)s1. The van der Waals surface area contributed by atoms with Gasteiger partial charge in [0.25, 0.3) is 0 Å². The van der Waals surface area contributed by atoms with E-state index in [1.54, 1.807) is 11.3 Å². The van der Waals surface area contributed by atoms with Crippen LogP contribution in [-0.2, 0) is 16.0 Å². The smallest absolute Gasteiger partial charge is 0.326 e. The predicted molar refractivity (Wildman–Crippen MR) is 74.4 cm³/mol. The van der Waals surface area contributed by atoms with Crippen LogP contribution in [0.1, 0.15) is 35.4 Å². The number of carbonyl (C=O) groups is 2. The fourth-order valence-corrected chi connectivity index (χ4v) is 3.43. The number of likely N-dealkylation sites (tertiary alicyclic amines) is 1. The standard InChI is InChI=1S/C14H19NO3S/c1-10-7-8-11(19-10)4-2-6-13(16)15-9-3-5-12(15)14(17)18/h7-8,12H,2-6,9H2,1H3,(H,17,18)/t12-/m1/s1. The number of thiophene rings is 1. The highest BCUT2D eigenvalue weighted by Crippen LogP contribution is 2.21. The molecule has 1 aromatic rings. The molecule has 19 heavy (non-hydrogen) atoms. The van der Waals surface area contributed by atoms with Crippen molar-refractivity contribution in [2.45, 2.75) is 45.1 Å². The quantitative estimate of drug-likeness (QED) is 0.902. The van der Waals surface area contributed by atoms with Crippen LogP contribution in [0.15, 0.2) is 12.1 Å². The molecule has 1 fully saturated rings. The summed E-state index contributed by atoms with van der Waals surface area (Å²) in [6, 6.07) is 3.58. The Hall–Kier alpha value is -1.36. The second-order valence-electron chi connectivity index (χ2n) is 4.95. The third-order valence-electron chi connectivity index (χ3n) is 3.47. The number of carboxylic acids is 1. The Kier molecular flexibility index (Phi) is 4.58. The van der Waals surface area contributed by atoms with Crippen molar-refractivity contribution >= 4 is 23.2 Å². The highest BCUT2D eigenvalue weighted by molar-refractivity contribution is 7.11. The van der Waals surface area contributed by atoms with E-state index in [-0.39, 0.29) is 5.91 Å². The number of nitrogens with zero attached hydrogens (tertiary/aromatic N) is 1. The van der Waals surface area contributed by atoms with E-state index in [0.29, 0.717) is 19.4 Å². The second kappa shape index (κ2) is 6.19. The van der Waals surface area contributed by atoms with Crippen LogP contribution in [0.25, 0.3) is 0 Å². The molecule has 104 valence electrons. The van der Waals surface area contributed by atoms with Crippen LogP contribution in [0.5, 0.6) is 0 Å². The summed E-state index contributed by atoms with van der Waals surface area (Å²) >= 11 is 1.76. The van der Waals surface area contributed by atoms with E-state index in [9.17, 15) is 9.59 Å². The molecule has 2 rings (SSSR count). The fraction of sp³-hybridized carbons (Fsp3) is 0.571. The lowest BCUT2D eigenvalue weighted by Gasteiger charge is -2.21. The topological polar surface area (TPSA) is 57.6 Å². The highest BCUT2D eigenvalue weighted by Gasteiger charge is 2.33. The normalized spacial score (nSPS) is 18.8. The van der Waals surface area contributed by atoms with Gasteiger partial charge in [0.1, 0.15) is 6.04 Å². The molecule has 0 saturated carbocycles. The first-order chi connectivity index (χ1) is 9.08. The molecule has 1 aromatic heterocycles. The third kappa shape index (κ3) is 3.56. The van der Waals surface area contributed by atoms with Gasteiger partial charge in [0.05, 0.1) is 0 Å². The first-order valence-corrected chi connectivity index (χ1v) is 7.47. The summed E-state index contributed by atoms with van der Waals surface area (Å²) in [7, 11) is 0. The van der Waals surface area contributed by atoms with Gasteiger partial charge < -0.3 is 10.0 Å². The number of aryl methyl sites for hydroxylation is 2. The van der Waals surface area contributed by atoms with Gasteiger partial charge in [0.2, 0.25) is 5.91 Å². The monoisotopic (exact) mass is 281 g/mol. The molecule has 0 radical (unpaired) electrons. The Labute approximate surface area is 117 Å². The van der Waals surface area contributed by atoms with Gasteiger partial charge in [0.15, 0.2) is 0 Å². The molecule has 1 amide bonds. The highest BCUT2D eigenvalue weighted by atomic mass is 32.1. The third-order valence-corrected chi connectivity index (χ3v) is 4.53. The van der Waals surface area contributed by atoms with Crippen LogP contribution in [0.4, 0.5) is 0 Å². The van der Waals surface area contributed by atoms with E-state index < -0.39 is 12.0 Å². The van der Waals surface area contributed by atoms with Crippen LogP contribution in [0, 0.1) is 6.92 Å². The van der Waals surface area contributed by atoms with Crippen molar-refractivity contribution < 1.29 is 14.7 Å². The molecular formula is C14H19NO3S. The van der Waals surface area contributed by atoms with Crippen molar-refractivity contribution in [2.75, 3.05) is 6.54 Å². The van der Waals surface area contributed by atoms with Crippen molar-refractivity contribution in [3.63, 3.8) is 0 Å². The molecule has 0 bridgehead atoms. The number of rotatable bonds is 5. The molecule has 0 spiro atoms. The summed E-state index contributed by atoms with van der Waals surface area (Å²) in [6.45, 7) is 2.66. The number of amides is 1. The van der Waals surface area contributed by atoms with Crippen LogP contribution < -0.4 is 0 Å². The molecule has 4 nitrogen and oxygen atoms in total. The van der Waals surface area contributed by atoms with Gasteiger partial charge in [-0.3, -0.25) is 4.79 Å². The average Bonchev–Trinajstić information content (AvgIpc) is 2.97. The van der Waals surface area contributed by atoms with E-state index in [4.69, 9.17) is 5.11 Å². The Bertz CT molecular complexity index is 469. The summed E-state index contributed by atoms with van der Waals surface area (Å²) in [5, 5.41) is 9.05. The van der Waals surface area contributed by atoms with Gasteiger partial charge in [-0.05, 0) is 44.7 Å². The maximum atomic E-state index is 12.0. The molecule has 1 N–H and O–H groups in total. The van der Waals surface area contributed by atoms with E-state index in [1.807, 2.05) is 0 Å². The van der Waals surface area contributed by atoms with Crippen LogP contribution >= 0.6 is 11.3 Å². The summed E-state index contributed by atoms with van der Waals surface area (Å²) in [6.07, 6.45) is 3.52. The molecule has 0 aromatic carbocycles. The van der Waals surface area contributed by atoms with Crippen LogP contribution in [-0.4, -0.2) is 34.5 Å². The molecule has 5 heteroatoms. The second-order valence-corrected chi connectivity index (χ2v) is 6.32. The van der Waals surface area contributed by atoms with Crippen molar-refractivity contribution in [3.8, 4) is 0 Å². The Balaban J connectivity index is 1.79. The summed E-state index contributed by atoms with van der Waals surface area (Å²) in [4.78, 5) is 27.2. The Morgan fingerprint density at radius 2 is 2.26 bits per heavy atom. The summed E-state index contributed by atoms with van der Waals surface area (Å²) < 4.78 is 0.